The number of hydroxylamine groups is 1. The van der Waals surface area contributed by atoms with E-state index in [1.807, 2.05) is 18.2 Å². The molecule has 3 heteroatoms. The number of carbonyl (C=O) groups is 1. The first-order valence-electron chi connectivity index (χ1n) is 12.7. The van der Waals surface area contributed by atoms with Gasteiger partial charge in [-0.15, -0.1) is 0 Å². The summed E-state index contributed by atoms with van der Waals surface area (Å²) in [6.07, 6.45) is 19.0. The van der Waals surface area contributed by atoms with Gasteiger partial charge in [-0.1, -0.05) is 133 Å². The van der Waals surface area contributed by atoms with Crippen LogP contribution in [0.1, 0.15) is 109 Å². The zero-order valence-corrected chi connectivity index (χ0v) is 19.7. The van der Waals surface area contributed by atoms with Crippen molar-refractivity contribution in [2.24, 2.45) is 0 Å². The van der Waals surface area contributed by atoms with Gasteiger partial charge in [0.05, 0.1) is 11.3 Å². The SMILES string of the molecule is CCCCCCCCCCCCCCCCC(=[O+])ONCc1cccc2ccccc12. The van der Waals surface area contributed by atoms with E-state index in [0.717, 1.165) is 18.4 Å². The highest BCUT2D eigenvalue weighted by molar-refractivity contribution is 5.85. The first kappa shape index (κ1) is 25.4. The third kappa shape index (κ3) is 11.4. The van der Waals surface area contributed by atoms with Gasteiger partial charge in [-0.3, -0.25) is 0 Å². The summed E-state index contributed by atoms with van der Waals surface area (Å²) in [6.45, 7) is 2.81. The van der Waals surface area contributed by atoms with Crippen LogP contribution in [0.3, 0.4) is 0 Å². The van der Waals surface area contributed by atoms with E-state index < -0.39 is 0 Å². The van der Waals surface area contributed by atoms with E-state index in [1.54, 1.807) is 0 Å². The van der Waals surface area contributed by atoms with E-state index in [2.05, 4.69) is 36.7 Å². The molecule has 0 fully saturated rings. The molecule has 0 bridgehead atoms. The zero-order chi connectivity index (χ0) is 22.0. The first-order chi connectivity index (χ1) is 15.3. The Morgan fingerprint density at radius 1 is 0.710 bits per heavy atom. The fourth-order valence-corrected chi connectivity index (χ4v) is 4.16. The summed E-state index contributed by atoms with van der Waals surface area (Å²) in [4.78, 5) is 17.2. The largest absolute Gasteiger partial charge is 0.597 e. The third-order valence-electron chi connectivity index (χ3n) is 6.06. The van der Waals surface area contributed by atoms with E-state index in [0.29, 0.717) is 13.0 Å². The minimum atomic E-state index is -0.154. The molecule has 0 heterocycles. The Kier molecular flexibility index (Phi) is 13.7. The summed E-state index contributed by atoms with van der Waals surface area (Å²) in [5, 5.41) is 2.40. The molecule has 0 aliphatic carbocycles. The number of nitrogens with one attached hydrogen (secondary N) is 1. The second-order valence-electron chi connectivity index (χ2n) is 8.78. The van der Waals surface area contributed by atoms with Gasteiger partial charge in [0.2, 0.25) is 0 Å². The second kappa shape index (κ2) is 16.8. The fourth-order valence-electron chi connectivity index (χ4n) is 4.16. The molecule has 3 nitrogen and oxygen atoms in total. The molecule has 0 atom stereocenters. The van der Waals surface area contributed by atoms with Crippen molar-refractivity contribution in [3.8, 4) is 0 Å². The van der Waals surface area contributed by atoms with Crippen molar-refractivity contribution in [2.45, 2.75) is 110 Å². The number of fused-ring (bicyclic) bond motifs is 1. The van der Waals surface area contributed by atoms with Crippen LogP contribution in [-0.2, 0) is 16.2 Å². The highest BCUT2D eigenvalue weighted by atomic mass is 16.7. The minimum Gasteiger partial charge on any atom is -0.199 e. The van der Waals surface area contributed by atoms with Crippen molar-refractivity contribution in [3.05, 3.63) is 48.0 Å². The van der Waals surface area contributed by atoms with Gasteiger partial charge in [0.25, 0.3) is 0 Å². The number of hydrogen-bond donors (Lipinski definition) is 1. The van der Waals surface area contributed by atoms with Gasteiger partial charge in [-0.25, -0.2) is 0 Å². The Hall–Kier alpha value is -1.87. The van der Waals surface area contributed by atoms with Crippen molar-refractivity contribution in [1.82, 2.24) is 5.48 Å². The first-order valence-corrected chi connectivity index (χ1v) is 12.7. The van der Waals surface area contributed by atoms with Crippen LogP contribution < -0.4 is 5.48 Å². The molecule has 171 valence electrons. The molecule has 0 aliphatic rings. The topological polar surface area (TPSA) is 41.2 Å². The third-order valence-corrected chi connectivity index (χ3v) is 6.06. The maximum absolute atomic E-state index is 11.9. The summed E-state index contributed by atoms with van der Waals surface area (Å²) in [7, 11) is 0. The monoisotopic (exact) mass is 425 g/mol. The zero-order valence-electron chi connectivity index (χ0n) is 19.7. The average Bonchev–Trinajstić information content (AvgIpc) is 2.79. The summed E-state index contributed by atoms with van der Waals surface area (Å²) >= 11 is 0. The van der Waals surface area contributed by atoms with Crippen LogP contribution in [0.2, 0.25) is 0 Å². The van der Waals surface area contributed by atoms with Gasteiger partial charge in [0.1, 0.15) is 6.42 Å². The lowest BCUT2D eigenvalue weighted by atomic mass is 10.0. The van der Waals surface area contributed by atoms with Crippen LogP contribution in [0.15, 0.2) is 42.5 Å². The predicted molar refractivity (Wildman–Crippen MR) is 132 cm³/mol. The molecule has 0 saturated heterocycles. The normalized spacial score (nSPS) is 11.1. The molecule has 0 saturated carbocycles. The lowest BCUT2D eigenvalue weighted by Gasteiger charge is -2.04. The van der Waals surface area contributed by atoms with Crippen LogP contribution in [0.4, 0.5) is 0 Å². The molecular formula is C28H43NO2+. The molecule has 1 radical (unpaired) electrons. The fraction of sp³-hybridized carbons (Fsp3) is 0.607. The smallest absolute Gasteiger partial charge is 0.199 e. The Morgan fingerprint density at radius 3 is 1.90 bits per heavy atom. The molecule has 2 aromatic rings. The van der Waals surface area contributed by atoms with Crippen molar-refractivity contribution >= 4 is 16.7 Å². The van der Waals surface area contributed by atoms with E-state index in [1.165, 1.54) is 87.8 Å². The summed E-state index contributed by atoms with van der Waals surface area (Å²) < 4.78 is 0. The quantitative estimate of drug-likeness (QED) is 0.148. The number of carbonyl (C=O) groups excluding carboxylic acids is 1. The van der Waals surface area contributed by atoms with Crippen molar-refractivity contribution < 1.29 is 9.63 Å². The lowest BCUT2D eigenvalue weighted by molar-refractivity contribution is -0.151. The Morgan fingerprint density at radius 2 is 1.26 bits per heavy atom. The van der Waals surface area contributed by atoms with E-state index >= 15 is 0 Å². The lowest BCUT2D eigenvalue weighted by Crippen LogP contribution is -2.19. The van der Waals surface area contributed by atoms with Gasteiger partial charge in [0.15, 0.2) is 0 Å². The van der Waals surface area contributed by atoms with Crippen molar-refractivity contribution in [1.29, 1.82) is 0 Å². The number of hydrogen-bond acceptors (Lipinski definition) is 3. The molecular weight excluding hydrogens is 382 g/mol. The maximum Gasteiger partial charge on any atom is 0.597 e. The Labute approximate surface area is 189 Å². The van der Waals surface area contributed by atoms with Crippen LogP contribution in [0, 0.1) is 0 Å². The van der Waals surface area contributed by atoms with Crippen LogP contribution in [0.5, 0.6) is 0 Å². The Balaban J connectivity index is 1.39. The minimum absolute atomic E-state index is 0.154. The van der Waals surface area contributed by atoms with Crippen LogP contribution >= 0.6 is 0 Å². The summed E-state index contributed by atoms with van der Waals surface area (Å²) in [5.41, 5.74) is 3.98. The van der Waals surface area contributed by atoms with E-state index in [4.69, 9.17) is 4.84 Å². The molecule has 0 unspecified atom stereocenters. The van der Waals surface area contributed by atoms with E-state index in [9.17, 15) is 4.79 Å². The summed E-state index contributed by atoms with van der Waals surface area (Å²) in [6, 6.07) is 14.5. The molecule has 2 aromatic carbocycles. The summed E-state index contributed by atoms with van der Waals surface area (Å²) in [5.74, 6) is -0.154. The standard InChI is InChI=1S/C28H43NO2/c1-2-3-4-5-6-7-8-9-10-11-12-13-14-15-23-28(30)31-29-24-26-21-18-20-25-19-16-17-22-27(25)26/h16-22,29H,2-15,23-24H2,1H3/q+1. The van der Waals surface area contributed by atoms with Crippen LogP contribution in [0.25, 0.3) is 10.8 Å². The maximum atomic E-state index is 11.9. The second-order valence-corrected chi connectivity index (χ2v) is 8.78. The average molecular weight is 426 g/mol. The Bertz CT molecular complexity index is 723. The van der Waals surface area contributed by atoms with Crippen molar-refractivity contribution in [3.63, 3.8) is 0 Å². The van der Waals surface area contributed by atoms with Gasteiger partial charge < -0.3 is 0 Å². The van der Waals surface area contributed by atoms with Crippen LogP contribution in [-0.4, -0.2) is 5.97 Å². The van der Waals surface area contributed by atoms with Gasteiger partial charge in [-0.2, -0.15) is 4.84 Å². The molecule has 0 amide bonds. The van der Waals surface area contributed by atoms with Gasteiger partial charge >= 0.3 is 5.97 Å². The number of unbranched alkanes of at least 4 members (excludes halogenated alkanes) is 13. The predicted octanol–water partition coefficient (Wildman–Crippen LogP) is 8.26. The highest BCUT2D eigenvalue weighted by Crippen LogP contribution is 2.18. The number of benzene rings is 2. The molecule has 1 N–H and O–H groups in total. The van der Waals surface area contributed by atoms with E-state index in [-0.39, 0.29) is 5.97 Å². The molecule has 0 aliphatic heterocycles. The molecule has 31 heavy (non-hydrogen) atoms. The molecule has 2 rings (SSSR count). The van der Waals surface area contributed by atoms with Crippen molar-refractivity contribution in [2.75, 3.05) is 0 Å². The molecule has 0 spiro atoms. The highest BCUT2D eigenvalue weighted by Gasteiger charge is 2.16. The molecule has 0 aromatic heterocycles. The van der Waals surface area contributed by atoms with Gasteiger partial charge in [-0.05, 0) is 28.2 Å². The number of rotatable bonds is 18. The van der Waals surface area contributed by atoms with Gasteiger partial charge in [0, 0.05) is 0 Å².